The van der Waals surface area contributed by atoms with Gasteiger partial charge in [0.2, 0.25) is 5.91 Å². The summed E-state index contributed by atoms with van der Waals surface area (Å²) in [7, 11) is 0. The minimum Gasteiger partial charge on any atom is -0.480 e. The first-order chi connectivity index (χ1) is 15.9. The number of benzene rings is 2. The monoisotopic (exact) mass is 448 g/mol. The molecule has 2 N–H and O–H groups in total. The van der Waals surface area contributed by atoms with Crippen molar-refractivity contribution >= 4 is 18.0 Å². The topological polar surface area (TPSA) is 95.9 Å². The molecule has 7 heteroatoms. The van der Waals surface area contributed by atoms with Gasteiger partial charge in [-0.1, -0.05) is 48.5 Å². The highest BCUT2D eigenvalue weighted by Gasteiger charge is 2.66. The van der Waals surface area contributed by atoms with Gasteiger partial charge in [-0.05, 0) is 54.4 Å². The van der Waals surface area contributed by atoms with Crippen LogP contribution in [-0.2, 0) is 14.3 Å². The second-order valence-corrected chi connectivity index (χ2v) is 9.38. The number of alkyl carbamates (subject to hydrolysis) is 1. The highest BCUT2D eigenvalue weighted by molar-refractivity contribution is 5.89. The predicted octanol–water partition coefficient (Wildman–Crippen LogP) is 3.63. The van der Waals surface area contributed by atoms with E-state index >= 15 is 0 Å². The van der Waals surface area contributed by atoms with Crippen molar-refractivity contribution in [1.29, 1.82) is 0 Å². The molecule has 0 radical (unpaired) electrons. The first-order valence-corrected chi connectivity index (χ1v) is 11.6. The first kappa shape index (κ1) is 21.5. The number of carboxylic acids is 1. The van der Waals surface area contributed by atoms with Crippen molar-refractivity contribution in [2.45, 2.75) is 38.1 Å². The molecule has 172 valence electrons. The van der Waals surface area contributed by atoms with Gasteiger partial charge in [0.25, 0.3) is 0 Å². The Bertz CT molecular complexity index is 1070. The second kappa shape index (κ2) is 8.21. The number of hydrogen-bond acceptors (Lipinski definition) is 4. The van der Waals surface area contributed by atoms with Crippen molar-refractivity contribution in [2.75, 3.05) is 19.7 Å². The molecule has 7 nitrogen and oxygen atoms in total. The van der Waals surface area contributed by atoms with Gasteiger partial charge in [-0.2, -0.15) is 0 Å². The minimum absolute atomic E-state index is 0.00202. The number of carbonyl (C=O) groups is 3. The Hall–Kier alpha value is -3.35. The molecule has 0 heterocycles. The number of rotatable bonds is 7. The number of ether oxygens (including phenoxy) is 1. The molecule has 2 saturated carbocycles. The molecule has 3 aliphatic carbocycles. The average molecular weight is 449 g/mol. The molecule has 3 unspecified atom stereocenters. The van der Waals surface area contributed by atoms with Crippen molar-refractivity contribution in [1.82, 2.24) is 10.2 Å². The quantitative estimate of drug-likeness (QED) is 0.674. The Labute approximate surface area is 192 Å². The van der Waals surface area contributed by atoms with E-state index in [0.717, 1.165) is 24.0 Å². The minimum atomic E-state index is -1.01. The third-order valence-electron chi connectivity index (χ3n) is 7.50. The van der Waals surface area contributed by atoms with Crippen molar-refractivity contribution < 1.29 is 24.2 Å². The summed E-state index contributed by atoms with van der Waals surface area (Å²) < 4.78 is 5.64. The van der Waals surface area contributed by atoms with Crippen LogP contribution in [0, 0.1) is 11.3 Å². The van der Waals surface area contributed by atoms with Gasteiger partial charge in [-0.3, -0.25) is 9.59 Å². The molecule has 0 aliphatic heterocycles. The van der Waals surface area contributed by atoms with Crippen LogP contribution in [0.4, 0.5) is 4.79 Å². The van der Waals surface area contributed by atoms with Crippen LogP contribution in [0.1, 0.15) is 43.2 Å². The molecular weight excluding hydrogens is 420 g/mol. The number of nitrogens with one attached hydrogen (secondary N) is 1. The Morgan fingerprint density at radius 2 is 1.70 bits per heavy atom. The van der Waals surface area contributed by atoms with Crippen LogP contribution in [0.3, 0.4) is 0 Å². The van der Waals surface area contributed by atoms with Gasteiger partial charge < -0.3 is 20.1 Å². The maximum absolute atomic E-state index is 13.0. The summed E-state index contributed by atoms with van der Waals surface area (Å²) in [6.07, 6.45) is 1.56. The van der Waals surface area contributed by atoms with E-state index in [-0.39, 0.29) is 36.9 Å². The van der Waals surface area contributed by atoms with E-state index in [4.69, 9.17) is 9.84 Å². The zero-order chi connectivity index (χ0) is 23.2. The maximum Gasteiger partial charge on any atom is 0.407 e. The number of hydrogen-bond donors (Lipinski definition) is 2. The van der Waals surface area contributed by atoms with E-state index in [0.29, 0.717) is 13.0 Å². The zero-order valence-corrected chi connectivity index (χ0v) is 18.6. The first-order valence-electron chi connectivity index (χ1n) is 11.6. The third kappa shape index (κ3) is 3.75. The molecule has 0 bridgehead atoms. The highest BCUT2D eigenvalue weighted by atomic mass is 16.5. The predicted molar refractivity (Wildman–Crippen MR) is 122 cm³/mol. The number of likely N-dealkylation sites (N-methyl/N-ethyl adjacent to an activating group) is 1. The lowest BCUT2D eigenvalue weighted by Crippen LogP contribution is -2.42. The van der Waals surface area contributed by atoms with Crippen molar-refractivity contribution in [2.24, 2.45) is 11.3 Å². The van der Waals surface area contributed by atoms with E-state index in [9.17, 15) is 14.4 Å². The van der Waals surface area contributed by atoms with Gasteiger partial charge in [0.1, 0.15) is 13.2 Å². The van der Waals surface area contributed by atoms with Gasteiger partial charge >= 0.3 is 12.1 Å². The molecule has 5 rings (SSSR count). The van der Waals surface area contributed by atoms with Gasteiger partial charge in [-0.15, -0.1) is 0 Å². The van der Waals surface area contributed by atoms with Crippen LogP contribution < -0.4 is 5.32 Å². The maximum atomic E-state index is 13.0. The lowest BCUT2D eigenvalue weighted by Gasteiger charge is -2.25. The van der Waals surface area contributed by atoms with E-state index in [1.165, 1.54) is 16.0 Å². The molecule has 0 saturated heterocycles. The summed E-state index contributed by atoms with van der Waals surface area (Å²) >= 11 is 0. The van der Waals surface area contributed by atoms with Crippen LogP contribution in [-0.4, -0.2) is 53.7 Å². The largest absolute Gasteiger partial charge is 0.480 e. The fraction of sp³-hybridized carbons (Fsp3) is 0.423. The molecule has 2 amide bonds. The van der Waals surface area contributed by atoms with E-state index in [2.05, 4.69) is 29.6 Å². The van der Waals surface area contributed by atoms with Gasteiger partial charge in [0, 0.05) is 18.5 Å². The molecule has 3 aliphatic rings. The summed E-state index contributed by atoms with van der Waals surface area (Å²) in [5.74, 6) is -0.909. The summed E-state index contributed by atoms with van der Waals surface area (Å²) in [4.78, 5) is 38.0. The Balaban J connectivity index is 1.19. The second-order valence-electron chi connectivity index (χ2n) is 9.38. The standard InChI is InChI=1S/C26H28N2O5/c1-2-28(14-23(29)30)24(31)26-12-16(26)11-17(13-26)27-25(32)33-15-22-20-9-5-3-7-18(20)19-8-4-6-10-21(19)22/h3-10,16-17,22H,2,11-15H2,1H3,(H,27,32)(H,29,30). The van der Waals surface area contributed by atoms with E-state index < -0.39 is 17.5 Å². The van der Waals surface area contributed by atoms with Crippen LogP contribution in [0.2, 0.25) is 0 Å². The Morgan fingerprint density at radius 3 is 2.30 bits per heavy atom. The average Bonchev–Trinajstić information content (AvgIpc) is 3.23. The number of amides is 2. The van der Waals surface area contributed by atoms with Crippen LogP contribution in [0.15, 0.2) is 48.5 Å². The lowest BCUT2D eigenvalue weighted by atomic mass is 9.98. The number of fused-ring (bicyclic) bond motifs is 4. The molecule has 2 aromatic rings. The molecule has 0 aromatic heterocycles. The normalized spacial score (nSPS) is 24.4. The summed E-state index contributed by atoms with van der Waals surface area (Å²) in [6, 6.07) is 16.3. The Kier molecular flexibility index (Phi) is 5.35. The summed E-state index contributed by atoms with van der Waals surface area (Å²) in [6.45, 7) is 2.12. The van der Waals surface area contributed by atoms with E-state index in [1.54, 1.807) is 6.92 Å². The molecule has 33 heavy (non-hydrogen) atoms. The molecule has 2 aromatic carbocycles. The Morgan fingerprint density at radius 1 is 1.06 bits per heavy atom. The van der Waals surface area contributed by atoms with Gasteiger partial charge in [0.05, 0.1) is 5.41 Å². The number of aliphatic carboxylic acids is 1. The van der Waals surface area contributed by atoms with Crippen molar-refractivity contribution in [3.63, 3.8) is 0 Å². The van der Waals surface area contributed by atoms with Gasteiger partial charge in [-0.25, -0.2) is 4.79 Å². The zero-order valence-electron chi connectivity index (χ0n) is 18.6. The smallest absolute Gasteiger partial charge is 0.407 e. The molecule has 3 atom stereocenters. The fourth-order valence-electron chi connectivity index (χ4n) is 5.88. The number of carboxylic acid groups (broad SMARTS) is 1. The number of carbonyl (C=O) groups excluding carboxylic acids is 2. The van der Waals surface area contributed by atoms with Crippen molar-refractivity contribution in [3.8, 4) is 11.1 Å². The molecular formula is C26H28N2O5. The van der Waals surface area contributed by atoms with Crippen LogP contribution in [0.25, 0.3) is 11.1 Å². The molecule has 0 spiro atoms. The van der Waals surface area contributed by atoms with E-state index in [1.807, 2.05) is 24.3 Å². The molecule has 2 fully saturated rings. The summed E-state index contributed by atoms with van der Waals surface area (Å²) in [5.41, 5.74) is 4.17. The summed E-state index contributed by atoms with van der Waals surface area (Å²) in [5, 5.41) is 12.0. The lowest BCUT2D eigenvalue weighted by molar-refractivity contribution is -0.147. The van der Waals surface area contributed by atoms with Crippen LogP contribution in [0.5, 0.6) is 0 Å². The fourth-order valence-corrected chi connectivity index (χ4v) is 5.88. The SMILES string of the molecule is CCN(CC(=O)O)C(=O)C12CC(NC(=O)OCC3c4ccccc4-c4ccccc43)CC1C2. The van der Waals surface area contributed by atoms with Gasteiger partial charge in [0.15, 0.2) is 0 Å². The van der Waals surface area contributed by atoms with Crippen molar-refractivity contribution in [3.05, 3.63) is 59.7 Å². The number of nitrogens with zero attached hydrogens (tertiary/aromatic N) is 1. The highest BCUT2D eigenvalue weighted by Crippen LogP contribution is 2.64. The third-order valence-corrected chi connectivity index (χ3v) is 7.50. The van der Waals surface area contributed by atoms with Crippen LogP contribution >= 0.6 is 0 Å².